The van der Waals surface area contributed by atoms with E-state index in [1.54, 1.807) is 7.11 Å². The third-order valence-electron chi connectivity index (χ3n) is 6.35. The van der Waals surface area contributed by atoms with Crippen LogP contribution in [0.2, 0.25) is 0 Å². The third-order valence-corrected chi connectivity index (χ3v) is 6.35. The Hall–Kier alpha value is -1.01. The van der Waals surface area contributed by atoms with Crippen LogP contribution in [0.5, 0.6) is 5.75 Å². The molecule has 3 aliphatic heterocycles. The van der Waals surface area contributed by atoms with E-state index in [0.717, 1.165) is 44.9 Å². The minimum atomic E-state index is 0. The van der Waals surface area contributed by atoms with Crippen molar-refractivity contribution in [3.63, 3.8) is 0 Å². The first-order valence-corrected chi connectivity index (χ1v) is 10.1. The number of methoxy groups -OCH3 is 1. The third kappa shape index (κ3) is 5.53. The van der Waals surface area contributed by atoms with Crippen LogP contribution in [0.1, 0.15) is 37.7 Å². The molecule has 0 saturated carbocycles. The molecule has 7 heteroatoms. The van der Waals surface area contributed by atoms with Crippen LogP contribution in [0, 0.1) is 5.92 Å². The number of fused-ring (bicyclic) bond motifs is 2. The number of hydrogen-bond acceptors (Lipinski definition) is 4. The van der Waals surface area contributed by atoms with Gasteiger partial charge in [-0.25, -0.2) is 0 Å². The number of piperazine rings is 1. The quantitative estimate of drug-likeness (QED) is 0.780. The lowest BCUT2D eigenvalue weighted by molar-refractivity contribution is -0.134. The van der Waals surface area contributed by atoms with Crippen molar-refractivity contribution < 1.29 is 9.53 Å². The van der Waals surface area contributed by atoms with Gasteiger partial charge in [0.1, 0.15) is 5.75 Å². The zero-order valence-electron chi connectivity index (χ0n) is 16.6. The van der Waals surface area contributed by atoms with Crippen molar-refractivity contribution in [1.82, 2.24) is 15.1 Å². The number of hydrogen-bond donors (Lipinski definition) is 1. The summed E-state index contributed by atoms with van der Waals surface area (Å²) in [6, 6.07) is 9.55. The molecule has 3 heterocycles. The molecule has 0 aromatic heterocycles. The Labute approximate surface area is 181 Å². The van der Waals surface area contributed by atoms with Gasteiger partial charge in [0.2, 0.25) is 5.91 Å². The highest BCUT2D eigenvalue weighted by Gasteiger charge is 2.35. The monoisotopic (exact) mass is 429 g/mol. The molecule has 2 bridgehead atoms. The summed E-state index contributed by atoms with van der Waals surface area (Å²) in [4.78, 5) is 17.2. The van der Waals surface area contributed by atoms with E-state index < -0.39 is 0 Å². The minimum Gasteiger partial charge on any atom is -0.496 e. The molecule has 1 amide bonds. The van der Waals surface area contributed by atoms with Crippen molar-refractivity contribution in [2.45, 2.75) is 50.7 Å². The molecule has 5 nitrogen and oxygen atoms in total. The lowest BCUT2D eigenvalue weighted by Gasteiger charge is -2.36. The van der Waals surface area contributed by atoms with Crippen LogP contribution in [-0.4, -0.2) is 61.1 Å². The summed E-state index contributed by atoms with van der Waals surface area (Å²) < 4.78 is 5.46. The Morgan fingerprint density at radius 3 is 2.36 bits per heavy atom. The molecule has 1 N–H and O–H groups in total. The lowest BCUT2D eigenvalue weighted by atomic mass is 9.89. The van der Waals surface area contributed by atoms with Crippen LogP contribution >= 0.6 is 24.8 Å². The van der Waals surface area contributed by atoms with Crippen molar-refractivity contribution in [3.8, 4) is 5.75 Å². The lowest BCUT2D eigenvalue weighted by Crippen LogP contribution is -2.49. The van der Waals surface area contributed by atoms with Gasteiger partial charge in [0.05, 0.1) is 7.11 Å². The first-order chi connectivity index (χ1) is 12.7. The predicted molar refractivity (Wildman–Crippen MR) is 117 cm³/mol. The molecule has 3 aliphatic rings. The van der Waals surface area contributed by atoms with Gasteiger partial charge in [-0.1, -0.05) is 18.2 Å². The van der Waals surface area contributed by atoms with Crippen LogP contribution in [0.25, 0.3) is 0 Å². The summed E-state index contributed by atoms with van der Waals surface area (Å²) in [7, 11) is 1.72. The van der Waals surface area contributed by atoms with Crippen molar-refractivity contribution in [1.29, 1.82) is 0 Å². The van der Waals surface area contributed by atoms with Gasteiger partial charge in [-0.2, -0.15) is 0 Å². The molecule has 2 atom stereocenters. The normalized spacial score (nSPS) is 26.9. The second-order valence-electron chi connectivity index (χ2n) is 8.15. The average Bonchev–Trinajstić information content (AvgIpc) is 3.01. The highest BCUT2D eigenvalue weighted by molar-refractivity contribution is 5.85. The van der Waals surface area contributed by atoms with Gasteiger partial charge in [-0.3, -0.25) is 9.69 Å². The number of nitrogens with one attached hydrogen (secondary N) is 1. The molecule has 4 rings (SSSR count). The number of para-hydroxylation sites is 1. The number of halogens is 2. The molecule has 2 unspecified atom stereocenters. The van der Waals surface area contributed by atoms with E-state index in [1.807, 2.05) is 12.1 Å². The van der Waals surface area contributed by atoms with Gasteiger partial charge in [0, 0.05) is 56.8 Å². The van der Waals surface area contributed by atoms with Crippen LogP contribution in [0.3, 0.4) is 0 Å². The van der Waals surface area contributed by atoms with Crippen molar-refractivity contribution >= 4 is 30.7 Å². The summed E-state index contributed by atoms with van der Waals surface area (Å²) >= 11 is 0. The van der Waals surface area contributed by atoms with E-state index >= 15 is 0 Å². The predicted octanol–water partition coefficient (Wildman–Crippen LogP) is 3.10. The molecule has 0 radical (unpaired) electrons. The molecule has 28 heavy (non-hydrogen) atoms. The second-order valence-corrected chi connectivity index (χ2v) is 8.15. The maximum absolute atomic E-state index is 12.7. The molecule has 1 aromatic rings. The smallest absolute Gasteiger partial charge is 0.222 e. The maximum atomic E-state index is 12.7. The summed E-state index contributed by atoms with van der Waals surface area (Å²) in [6.45, 7) is 4.49. The van der Waals surface area contributed by atoms with Gasteiger partial charge in [0.25, 0.3) is 0 Å². The number of rotatable bonds is 5. The number of ether oxygens (including phenoxy) is 1. The van der Waals surface area contributed by atoms with Gasteiger partial charge < -0.3 is 15.0 Å². The zero-order chi connectivity index (χ0) is 17.9. The Bertz CT molecular complexity index is 626. The number of nitrogens with zero attached hydrogens (tertiary/aromatic N) is 2. The molecule has 0 aliphatic carbocycles. The molecule has 3 saturated heterocycles. The van der Waals surface area contributed by atoms with E-state index in [1.165, 1.54) is 31.2 Å². The molecule has 1 aromatic carbocycles. The van der Waals surface area contributed by atoms with Gasteiger partial charge in [-0.15, -0.1) is 24.8 Å². The molecular weight excluding hydrogens is 397 g/mol. The molecule has 3 fully saturated rings. The van der Waals surface area contributed by atoms with Gasteiger partial charge >= 0.3 is 0 Å². The van der Waals surface area contributed by atoms with Gasteiger partial charge in [-0.05, 0) is 37.7 Å². The first-order valence-electron chi connectivity index (χ1n) is 10.1. The van der Waals surface area contributed by atoms with Crippen molar-refractivity contribution in [2.75, 3.05) is 33.3 Å². The fraction of sp³-hybridized carbons (Fsp3) is 0.667. The SMILES string of the molecule is COc1ccccc1CN1CCN(C(=O)CC2CC3CCC(C2)N3)CC1.Cl.Cl. The Kier molecular flexibility index (Phi) is 8.87. The molecule has 158 valence electrons. The standard InChI is InChI=1S/C21H31N3O2.2ClH/c1-26-20-5-3-2-4-17(20)15-23-8-10-24(11-9-23)21(25)14-16-12-18-6-7-19(13-16)22-18;;/h2-5,16,18-19,22H,6-15H2,1H3;2*1H. The number of benzene rings is 1. The van der Waals surface area contributed by atoms with E-state index in [4.69, 9.17) is 4.74 Å². The van der Waals surface area contributed by atoms with Gasteiger partial charge in [0.15, 0.2) is 0 Å². The van der Waals surface area contributed by atoms with Crippen molar-refractivity contribution in [3.05, 3.63) is 29.8 Å². The summed E-state index contributed by atoms with van der Waals surface area (Å²) in [5.41, 5.74) is 1.22. The minimum absolute atomic E-state index is 0. The number of amides is 1. The Morgan fingerprint density at radius 1 is 1.07 bits per heavy atom. The second kappa shape index (κ2) is 10.7. The molecular formula is C21H33Cl2N3O2. The van der Waals surface area contributed by atoms with Crippen LogP contribution in [-0.2, 0) is 11.3 Å². The van der Waals surface area contributed by atoms with E-state index in [0.29, 0.717) is 23.9 Å². The Balaban J connectivity index is 0.00000140. The summed E-state index contributed by atoms with van der Waals surface area (Å²) in [5, 5.41) is 3.67. The topological polar surface area (TPSA) is 44.8 Å². The maximum Gasteiger partial charge on any atom is 0.222 e. The van der Waals surface area contributed by atoms with Crippen LogP contribution in [0.4, 0.5) is 0 Å². The largest absolute Gasteiger partial charge is 0.496 e. The van der Waals surface area contributed by atoms with Crippen LogP contribution in [0.15, 0.2) is 24.3 Å². The highest BCUT2D eigenvalue weighted by Crippen LogP contribution is 2.33. The van der Waals surface area contributed by atoms with E-state index in [2.05, 4.69) is 27.2 Å². The van der Waals surface area contributed by atoms with E-state index in [-0.39, 0.29) is 24.8 Å². The Morgan fingerprint density at radius 2 is 1.71 bits per heavy atom. The number of carbonyl (C=O) groups excluding carboxylic acids is 1. The highest BCUT2D eigenvalue weighted by atomic mass is 35.5. The summed E-state index contributed by atoms with van der Waals surface area (Å²) in [6.07, 6.45) is 5.74. The van der Waals surface area contributed by atoms with E-state index in [9.17, 15) is 4.79 Å². The molecule has 0 spiro atoms. The first kappa shape index (κ1) is 23.3. The fourth-order valence-electron chi connectivity index (χ4n) is 4.95. The van der Waals surface area contributed by atoms with Crippen LogP contribution < -0.4 is 10.1 Å². The zero-order valence-corrected chi connectivity index (χ0v) is 18.3. The average molecular weight is 430 g/mol. The summed E-state index contributed by atoms with van der Waals surface area (Å²) in [5.74, 6) is 1.91. The fourth-order valence-corrected chi connectivity index (χ4v) is 4.95. The number of piperidine rings is 1. The number of carbonyl (C=O) groups is 1. The van der Waals surface area contributed by atoms with Crippen molar-refractivity contribution in [2.24, 2.45) is 5.92 Å².